The van der Waals surface area contributed by atoms with E-state index >= 15 is 0 Å². The Labute approximate surface area is 145 Å². The zero-order valence-corrected chi connectivity index (χ0v) is 15.0. The predicted molar refractivity (Wildman–Crippen MR) is 91.3 cm³/mol. The predicted octanol–water partition coefficient (Wildman–Crippen LogP) is 4.75. The van der Waals surface area contributed by atoms with Gasteiger partial charge in [0.05, 0.1) is 24.1 Å². The standard InChI is InChI=1S/C18H23BrO4/c1-22-16-9-12(14(10-17(20)21)11-6-7-11)8-15(19)18(16)23-13-4-2-3-5-13/h8-9,11,13-14H,2-7,10H2,1H3,(H,20,21). The lowest BCUT2D eigenvalue weighted by molar-refractivity contribution is -0.137. The van der Waals surface area contributed by atoms with Gasteiger partial charge in [0, 0.05) is 0 Å². The van der Waals surface area contributed by atoms with E-state index in [1.54, 1.807) is 7.11 Å². The van der Waals surface area contributed by atoms with Gasteiger partial charge in [0.15, 0.2) is 11.5 Å². The minimum atomic E-state index is -0.747. The van der Waals surface area contributed by atoms with Gasteiger partial charge in [-0.2, -0.15) is 0 Å². The molecule has 0 heterocycles. The van der Waals surface area contributed by atoms with Crippen molar-refractivity contribution in [3.05, 3.63) is 22.2 Å². The first-order chi connectivity index (χ1) is 11.1. The van der Waals surface area contributed by atoms with Gasteiger partial charge in [-0.3, -0.25) is 4.79 Å². The van der Waals surface area contributed by atoms with Crippen LogP contribution in [0.5, 0.6) is 11.5 Å². The topological polar surface area (TPSA) is 55.8 Å². The number of hydrogen-bond donors (Lipinski definition) is 1. The number of benzene rings is 1. The summed E-state index contributed by atoms with van der Waals surface area (Å²) >= 11 is 3.60. The second kappa shape index (κ2) is 7.12. The second-order valence-corrected chi connectivity index (χ2v) is 7.45. The first-order valence-electron chi connectivity index (χ1n) is 8.34. The van der Waals surface area contributed by atoms with Crippen LogP contribution in [-0.4, -0.2) is 24.3 Å². The number of hydrogen-bond acceptors (Lipinski definition) is 3. The molecule has 4 nitrogen and oxygen atoms in total. The van der Waals surface area contributed by atoms with Crippen molar-refractivity contribution in [2.75, 3.05) is 7.11 Å². The number of methoxy groups -OCH3 is 1. The van der Waals surface area contributed by atoms with Gasteiger partial charge in [0.1, 0.15) is 0 Å². The molecule has 0 bridgehead atoms. The largest absolute Gasteiger partial charge is 0.493 e. The van der Waals surface area contributed by atoms with Crippen LogP contribution in [0.1, 0.15) is 56.4 Å². The van der Waals surface area contributed by atoms with Crippen molar-refractivity contribution < 1.29 is 19.4 Å². The van der Waals surface area contributed by atoms with E-state index in [0.29, 0.717) is 11.7 Å². The third-order valence-electron chi connectivity index (χ3n) is 4.85. The van der Waals surface area contributed by atoms with Crippen LogP contribution in [0, 0.1) is 5.92 Å². The molecule has 1 N–H and O–H groups in total. The first-order valence-corrected chi connectivity index (χ1v) is 9.13. The van der Waals surface area contributed by atoms with Crippen molar-refractivity contribution in [3.8, 4) is 11.5 Å². The van der Waals surface area contributed by atoms with Gasteiger partial charge < -0.3 is 14.6 Å². The van der Waals surface area contributed by atoms with Crippen LogP contribution in [0.4, 0.5) is 0 Å². The molecule has 0 radical (unpaired) electrons. The number of rotatable bonds is 7. The Balaban J connectivity index is 1.87. The summed E-state index contributed by atoms with van der Waals surface area (Å²) in [5.74, 6) is 1.22. The molecule has 0 spiro atoms. The van der Waals surface area contributed by atoms with Crippen LogP contribution < -0.4 is 9.47 Å². The molecule has 0 amide bonds. The molecular formula is C18H23BrO4. The number of carboxylic acids is 1. The van der Waals surface area contributed by atoms with Gasteiger partial charge in [-0.05, 0) is 84.0 Å². The Morgan fingerprint density at radius 2 is 2.00 bits per heavy atom. The first kappa shape index (κ1) is 16.6. The van der Waals surface area contributed by atoms with Crippen molar-refractivity contribution in [2.45, 2.75) is 57.0 Å². The molecule has 2 aliphatic rings. The summed E-state index contributed by atoms with van der Waals surface area (Å²) in [7, 11) is 1.64. The fraction of sp³-hybridized carbons (Fsp3) is 0.611. The zero-order valence-electron chi connectivity index (χ0n) is 13.4. The molecule has 2 fully saturated rings. The molecule has 23 heavy (non-hydrogen) atoms. The Bertz CT molecular complexity index is 577. The fourth-order valence-corrected chi connectivity index (χ4v) is 4.04. The molecule has 5 heteroatoms. The van der Waals surface area contributed by atoms with Crippen molar-refractivity contribution in [1.29, 1.82) is 0 Å². The SMILES string of the molecule is COc1cc(C(CC(=O)O)C2CC2)cc(Br)c1OC1CCCC1. The molecule has 0 aliphatic heterocycles. The van der Waals surface area contributed by atoms with Crippen LogP contribution in [-0.2, 0) is 4.79 Å². The summed E-state index contributed by atoms with van der Waals surface area (Å²) in [6.45, 7) is 0. The van der Waals surface area contributed by atoms with Gasteiger partial charge in [0.25, 0.3) is 0 Å². The van der Waals surface area contributed by atoms with E-state index in [9.17, 15) is 9.90 Å². The van der Waals surface area contributed by atoms with E-state index in [-0.39, 0.29) is 18.4 Å². The van der Waals surface area contributed by atoms with E-state index in [1.807, 2.05) is 12.1 Å². The maximum absolute atomic E-state index is 11.2. The summed E-state index contributed by atoms with van der Waals surface area (Å²) in [5.41, 5.74) is 1.03. The van der Waals surface area contributed by atoms with Crippen LogP contribution in [0.25, 0.3) is 0 Å². The second-order valence-electron chi connectivity index (χ2n) is 6.60. The molecule has 1 unspecified atom stereocenters. The minimum absolute atomic E-state index is 0.0539. The van der Waals surface area contributed by atoms with E-state index in [4.69, 9.17) is 9.47 Å². The highest BCUT2D eigenvalue weighted by molar-refractivity contribution is 9.10. The number of carboxylic acid groups (broad SMARTS) is 1. The van der Waals surface area contributed by atoms with Crippen molar-refractivity contribution in [3.63, 3.8) is 0 Å². The molecule has 3 rings (SSSR count). The highest BCUT2D eigenvalue weighted by Gasteiger charge is 2.34. The lowest BCUT2D eigenvalue weighted by atomic mass is 9.91. The molecular weight excluding hydrogens is 360 g/mol. The summed E-state index contributed by atoms with van der Waals surface area (Å²) in [6, 6.07) is 3.97. The average molecular weight is 383 g/mol. The molecule has 126 valence electrons. The summed E-state index contributed by atoms with van der Waals surface area (Å²) in [4.78, 5) is 11.2. The van der Waals surface area contributed by atoms with Crippen LogP contribution in [0.3, 0.4) is 0 Å². The smallest absolute Gasteiger partial charge is 0.303 e. The van der Waals surface area contributed by atoms with E-state index in [1.165, 1.54) is 12.8 Å². The number of halogens is 1. The van der Waals surface area contributed by atoms with Gasteiger partial charge in [-0.1, -0.05) is 0 Å². The average Bonchev–Trinajstić information content (AvgIpc) is 3.23. The molecule has 2 aliphatic carbocycles. The highest BCUT2D eigenvalue weighted by atomic mass is 79.9. The highest BCUT2D eigenvalue weighted by Crippen LogP contribution is 2.48. The molecule has 1 aromatic rings. The molecule has 0 saturated heterocycles. The summed E-state index contributed by atoms with van der Waals surface area (Å²) in [5, 5.41) is 9.19. The Kier molecular flexibility index (Phi) is 5.14. The molecule has 2 saturated carbocycles. The van der Waals surface area contributed by atoms with Crippen LogP contribution in [0.2, 0.25) is 0 Å². The Morgan fingerprint density at radius 3 is 2.57 bits per heavy atom. The lowest BCUT2D eigenvalue weighted by Crippen LogP contribution is -2.13. The maximum atomic E-state index is 11.2. The van der Waals surface area contributed by atoms with Crippen molar-refractivity contribution in [2.24, 2.45) is 5.92 Å². The van der Waals surface area contributed by atoms with Crippen molar-refractivity contribution in [1.82, 2.24) is 0 Å². The molecule has 1 aromatic carbocycles. The van der Waals surface area contributed by atoms with Crippen molar-refractivity contribution >= 4 is 21.9 Å². The maximum Gasteiger partial charge on any atom is 0.303 e. The zero-order chi connectivity index (χ0) is 16.4. The minimum Gasteiger partial charge on any atom is -0.493 e. The normalized spacial score (nSPS) is 19.6. The summed E-state index contributed by atoms with van der Waals surface area (Å²) in [6.07, 6.45) is 7.24. The van der Waals surface area contributed by atoms with E-state index in [2.05, 4.69) is 15.9 Å². The van der Waals surface area contributed by atoms with Gasteiger partial charge in [0.2, 0.25) is 0 Å². The van der Waals surface area contributed by atoms with E-state index < -0.39 is 5.97 Å². The number of carbonyl (C=O) groups is 1. The monoisotopic (exact) mass is 382 g/mol. The molecule has 1 atom stereocenters. The van der Waals surface area contributed by atoms with Gasteiger partial charge >= 0.3 is 5.97 Å². The van der Waals surface area contributed by atoms with Gasteiger partial charge in [-0.25, -0.2) is 0 Å². The quantitative estimate of drug-likeness (QED) is 0.739. The summed E-state index contributed by atoms with van der Waals surface area (Å²) < 4.78 is 12.5. The number of ether oxygens (including phenoxy) is 2. The van der Waals surface area contributed by atoms with Crippen LogP contribution in [0.15, 0.2) is 16.6 Å². The number of aliphatic carboxylic acids is 1. The lowest BCUT2D eigenvalue weighted by Gasteiger charge is -2.21. The van der Waals surface area contributed by atoms with Gasteiger partial charge in [-0.15, -0.1) is 0 Å². The Morgan fingerprint density at radius 1 is 1.30 bits per heavy atom. The third-order valence-corrected chi connectivity index (χ3v) is 5.44. The Hall–Kier alpha value is -1.23. The third kappa shape index (κ3) is 4.00. The van der Waals surface area contributed by atoms with E-state index in [0.717, 1.165) is 41.5 Å². The molecule has 0 aromatic heterocycles. The fourth-order valence-electron chi connectivity index (χ4n) is 3.48. The van der Waals surface area contributed by atoms with Crippen LogP contribution >= 0.6 is 15.9 Å².